The summed E-state index contributed by atoms with van der Waals surface area (Å²) in [5.74, 6) is 0. The first-order valence-corrected chi connectivity index (χ1v) is 9.23. The predicted molar refractivity (Wildman–Crippen MR) is 70.9 cm³/mol. The van der Waals surface area contributed by atoms with Gasteiger partial charge in [0.1, 0.15) is 6.10 Å². The van der Waals surface area contributed by atoms with Crippen LogP contribution in [-0.4, -0.2) is 20.5 Å². The average molecular weight is 239 g/mol. The van der Waals surface area contributed by atoms with Gasteiger partial charge in [-0.1, -0.05) is 27.2 Å². The summed E-state index contributed by atoms with van der Waals surface area (Å²) in [4.78, 5) is 3.74. The van der Waals surface area contributed by atoms with Crippen LogP contribution in [0.15, 0.2) is 0 Å². The molecule has 2 nitrogen and oxygen atoms in total. The second kappa shape index (κ2) is 4.89. The van der Waals surface area contributed by atoms with Crippen molar-refractivity contribution in [2.45, 2.75) is 76.7 Å². The second-order valence-corrected chi connectivity index (χ2v) is 11.2. The third-order valence-electron chi connectivity index (χ3n) is 4.09. The summed E-state index contributed by atoms with van der Waals surface area (Å²) in [6, 6.07) is 0.114. The van der Waals surface area contributed by atoms with Crippen molar-refractivity contribution in [2.24, 2.45) is 0 Å². The van der Waals surface area contributed by atoms with Crippen LogP contribution >= 0.6 is 0 Å². The molecule has 0 aromatic heterocycles. The first-order chi connectivity index (χ1) is 7.28. The summed E-state index contributed by atoms with van der Waals surface area (Å²) in [7, 11) is -1.69. The van der Waals surface area contributed by atoms with E-state index in [-0.39, 0.29) is 17.2 Å². The molecule has 0 aromatic rings. The van der Waals surface area contributed by atoms with Crippen LogP contribution in [0.25, 0.3) is 4.85 Å². The van der Waals surface area contributed by atoms with E-state index in [9.17, 15) is 0 Å². The molecule has 1 fully saturated rings. The lowest BCUT2D eigenvalue weighted by Gasteiger charge is -2.40. The van der Waals surface area contributed by atoms with Gasteiger partial charge in [-0.25, -0.2) is 6.57 Å². The molecule has 92 valence electrons. The van der Waals surface area contributed by atoms with Gasteiger partial charge in [0.05, 0.1) is 0 Å². The molecule has 0 bridgehead atoms. The number of rotatable bonds is 2. The fourth-order valence-electron chi connectivity index (χ4n) is 1.92. The summed E-state index contributed by atoms with van der Waals surface area (Å²) in [5.41, 5.74) is 0. The molecule has 1 aliphatic rings. The van der Waals surface area contributed by atoms with Crippen molar-refractivity contribution in [3.63, 3.8) is 0 Å². The van der Waals surface area contributed by atoms with E-state index in [0.29, 0.717) is 0 Å². The minimum atomic E-state index is -1.69. The van der Waals surface area contributed by atoms with Gasteiger partial charge in [0, 0.05) is 6.42 Å². The van der Waals surface area contributed by atoms with E-state index in [0.717, 1.165) is 12.8 Å². The zero-order chi connectivity index (χ0) is 12.4. The average Bonchev–Trinajstić information content (AvgIpc) is 2.16. The van der Waals surface area contributed by atoms with Gasteiger partial charge in [-0.05, 0) is 31.0 Å². The van der Waals surface area contributed by atoms with Crippen LogP contribution in [0.4, 0.5) is 0 Å². The minimum Gasteiger partial charge on any atom is -0.406 e. The van der Waals surface area contributed by atoms with E-state index in [2.05, 4.69) is 38.7 Å². The molecule has 3 heteroatoms. The summed E-state index contributed by atoms with van der Waals surface area (Å²) >= 11 is 0. The molecule has 0 unspecified atom stereocenters. The zero-order valence-electron chi connectivity index (χ0n) is 11.3. The lowest BCUT2D eigenvalue weighted by molar-refractivity contribution is 0.130. The lowest BCUT2D eigenvalue weighted by Crippen LogP contribution is -2.47. The highest BCUT2D eigenvalue weighted by atomic mass is 28.4. The van der Waals surface area contributed by atoms with Crippen molar-refractivity contribution in [3.8, 4) is 0 Å². The van der Waals surface area contributed by atoms with E-state index >= 15 is 0 Å². The molecule has 0 aromatic carbocycles. The Balaban J connectivity index is 2.69. The molecule has 0 radical (unpaired) electrons. The largest absolute Gasteiger partial charge is 0.406 e. The summed E-state index contributed by atoms with van der Waals surface area (Å²) in [5, 5.41) is 0.247. The Kier molecular flexibility index (Phi) is 4.20. The van der Waals surface area contributed by atoms with E-state index in [1.165, 1.54) is 12.8 Å². The maximum Gasteiger partial charge on any atom is 0.248 e. The molecule has 1 rings (SSSR count). The van der Waals surface area contributed by atoms with Crippen molar-refractivity contribution in [1.82, 2.24) is 0 Å². The first kappa shape index (κ1) is 13.7. The third-order valence-corrected chi connectivity index (χ3v) is 8.59. The Bertz CT molecular complexity index is 275. The number of hydrogen-bond donors (Lipinski definition) is 0. The fraction of sp³-hybridized carbons (Fsp3) is 0.923. The Morgan fingerprint density at radius 3 is 2.25 bits per heavy atom. The van der Waals surface area contributed by atoms with Crippen molar-refractivity contribution in [2.75, 3.05) is 0 Å². The topological polar surface area (TPSA) is 13.6 Å². The molecule has 0 N–H and O–H groups in total. The highest BCUT2D eigenvalue weighted by Gasteiger charge is 2.42. The minimum absolute atomic E-state index is 0.114. The van der Waals surface area contributed by atoms with Gasteiger partial charge >= 0.3 is 0 Å². The van der Waals surface area contributed by atoms with Crippen LogP contribution in [0.1, 0.15) is 46.5 Å². The molecular formula is C13H25NOSi. The maximum atomic E-state index is 7.25. The van der Waals surface area contributed by atoms with Crippen LogP contribution in [0.5, 0.6) is 0 Å². The third kappa shape index (κ3) is 3.08. The smallest absolute Gasteiger partial charge is 0.248 e. The molecule has 0 spiro atoms. The number of nitrogens with zero attached hydrogens (tertiary/aromatic N) is 1. The predicted octanol–water partition coefficient (Wildman–Crippen LogP) is 4.24. The molecule has 1 aliphatic carbocycles. The van der Waals surface area contributed by atoms with E-state index in [1.54, 1.807) is 0 Å². The molecule has 2 atom stereocenters. The molecule has 0 saturated heterocycles. The van der Waals surface area contributed by atoms with E-state index < -0.39 is 8.32 Å². The van der Waals surface area contributed by atoms with Crippen molar-refractivity contribution in [1.29, 1.82) is 0 Å². The Hall–Kier alpha value is -0.333. The second-order valence-electron chi connectivity index (χ2n) is 6.40. The Morgan fingerprint density at radius 2 is 1.75 bits per heavy atom. The molecule has 0 amide bonds. The molecule has 16 heavy (non-hydrogen) atoms. The van der Waals surface area contributed by atoms with Crippen LogP contribution in [-0.2, 0) is 4.43 Å². The van der Waals surface area contributed by atoms with Crippen LogP contribution in [0, 0.1) is 6.57 Å². The fourth-order valence-corrected chi connectivity index (χ4v) is 3.30. The van der Waals surface area contributed by atoms with Gasteiger partial charge in [0.2, 0.25) is 6.04 Å². The quantitative estimate of drug-likeness (QED) is 0.519. The molecule has 0 heterocycles. The van der Waals surface area contributed by atoms with Crippen molar-refractivity contribution >= 4 is 8.32 Å². The first-order valence-electron chi connectivity index (χ1n) is 6.32. The normalized spacial score (nSPS) is 27.5. The van der Waals surface area contributed by atoms with E-state index in [4.69, 9.17) is 11.0 Å². The number of hydrogen-bond acceptors (Lipinski definition) is 1. The molecule has 1 saturated carbocycles. The van der Waals surface area contributed by atoms with Gasteiger partial charge in [-0.2, -0.15) is 0 Å². The zero-order valence-corrected chi connectivity index (χ0v) is 12.3. The van der Waals surface area contributed by atoms with Gasteiger partial charge in [0.15, 0.2) is 8.32 Å². The van der Waals surface area contributed by atoms with Gasteiger partial charge in [-0.3, -0.25) is 0 Å². The highest BCUT2D eigenvalue weighted by Crippen LogP contribution is 2.39. The van der Waals surface area contributed by atoms with Crippen LogP contribution < -0.4 is 0 Å². The summed E-state index contributed by atoms with van der Waals surface area (Å²) < 4.78 is 6.37. The SMILES string of the molecule is [C-]#[N+][C@@H]1CCCC[C@H]1O[Si](C)(C)C(C)(C)C. The Morgan fingerprint density at radius 1 is 1.19 bits per heavy atom. The molecule has 0 aliphatic heterocycles. The standard InChI is InChI=1S/C13H25NOSi/c1-13(2,3)16(5,6)15-12-10-8-7-9-11(12)14-4/h11-12H,7-10H2,1-3,5-6H3/t11-,12-/m1/s1. The van der Waals surface area contributed by atoms with E-state index in [1.807, 2.05) is 0 Å². The molecular weight excluding hydrogens is 214 g/mol. The van der Waals surface area contributed by atoms with Crippen LogP contribution in [0.3, 0.4) is 0 Å². The lowest BCUT2D eigenvalue weighted by atomic mass is 9.93. The monoisotopic (exact) mass is 239 g/mol. The van der Waals surface area contributed by atoms with Crippen LogP contribution in [0.2, 0.25) is 18.1 Å². The van der Waals surface area contributed by atoms with Crippen molar-refractivity contribution in [3.05, 3.63) is 11.4 Å². The highest BCUT2D eigenvalue weighted by molar-refractivity contribution is 6.74. The maximum absolute atomic E-state index is 7.25. The van der Waals surface area contributed by atoms with Gasteiger partial charge < -0.3 is 9.27 Å². The summed E-state index contributed by atoms with van der Waals surface area (Å²) in [6.45, 7) is 18.6. The summed E-state index contributed by atoms with van der Waals surface area (Å²) in [6.07, 6.45) is 4.74. The van der Waals surface area contributed by atoms with Gasteiger partial charge in [0.25, 0.3) is 0 Å². The van der Waals surface area contributed by atoms with Gasteiger partial charge in [-0.15, -0.1) is 0 Å². The Labute approximate surface area is 101 Å². The van der Waals surface area contributed by atoms with Crippen molar-refractivity contribution < 1.29 is 4.43 Å².